The van der Waals surface area contributed by atoms with Crippen molar-refractivity contribution in [1.82, 2.24) is 4.90 Å². The van der Waals surface area contributed by atoms with Gasteiger partial charge < -0.3 is 14.4 Å². The Balaban J connectivity index is 1.65. The molecule has 0 bridgehead atoms. The van der Waals surface area contributed by atoms with Crippen molar-refractivity contribution >= 4 is 33.6 Å². The second-order valence-corrected chi connectivity index (χ2v) is 7.75. The molecule has 6 heteroatoms. The number of nitrogens with zero attached hydrogens (tertiary/aromatic N) is 1. The average Bonchev–Trinajstić information content (AvgIpc) is 2.65. The number of carbonyl (C=O) groups excluding carboxylic acids is 1. The third-order valence-electron chi connectivity index (χ3n) is 4.25. The van der Waals surface area contributed by atoms with E-state index in [1.54, 1.807) is 26.0 Å². The molecule has 1 aliphatic rings. The van der Waals surface area contributed by atoms with Gasteiger partial charge in [-0.1, -0.05) is 15.9 Å². The minimum atomic E-state index is 0.161. The molecular weight excluding hydrogens is 402 g/mol. The summed E-state index contributed by atoms with van der Waals surface area (Å²) in [6, 6.07) is 12.0. The van der Waals surface area contributed by atoms with Gasteiger partial charge >= 0.3 is 0 Å². The van der Waals surface area contributed by atoms with Gasteiger partial charge in [0.25, 0.3) is 0 Å². The topological polar surface area (TPSA) is 38.8 Å². The summed E-state index contributed by atoms with van der Waals surface area (Å²) in [5.74, 6) is 2.06. The molecular formula is C19H20BrNO3S. The summed E-state index contributed by atoms with van der Waals surface area (Å²) in [6.07, 6.45) is 0.838. The summed E-state index contributed by atoms with van der Waals surface area (Å²) in [6.45, 7) is 1.36. The van der Waals surface area contributed by atoms with Gasteiger partial charge in [0.1, 0.15) is 0 Å². The van der Waals surface area contributed by atoms with Crippen molar-refractivity contribution in [2.75, 3.05) is 26.5 Å². The van der Waals surface area contributed by atoms with Crippen LogP contribution in [-0.2, 0) is 17.8 Å². The van der Waals surface area contributed by atoms with Gasteiger partial charge in [0.2, 0.25) is 5.91 Å². The van der Waals surface area contributed by atoms with Gasteiger partial charge in [0.05, 0.1) is 20.0 Å². The zero-order valence-corrected chi connectivity index (χ0v) is 16.7. The molecule has 0 radical (unpaired) electrons. The smallest absolute Gasteiger partial charge is 0.233 e. The Kier molecular flexibility index (Phi) is 5.91. The highest BCUT2D eigenvalue weighted by atomic mass is 79.9. The van der Waals surface area contributed by atoms with Crippen molar-refractivity contribution in [3.05, 3.63) is 52.0 Å². The minimum absolute atomic E-state index is 0.161. The summed E-state index contributed by atoms with van der Waals surface area (Å²) in [5, 5.41) is 0. The highest BCUT2D eigenvalue weighted by Gasteiger charge is 2.22. The predicted octanol–water partition coefficient (Wildman–Crippen LogP) is 4.14. The van der Waals surface area contributed by atoms with E-state index in [-0.39, 0.29) is 5.91 Å². The zero-order valence-electron chi connectivity index (χ0n) is 14.3. The van der Waals surface area contributed by atoms with E-state index >= 15 is 0 Å². The summed E-state index contributed by atoms with van der Waals surface area (Å²) in [4.78, 5) is 15.6. The third-order valence-corrected chi connectivity index (χ3v) is 5.77. The molecule has 4 nitrogen and oxygen atoms in total. The summed E-state index contributed by atoms with van der Waals surface area (Å²) >= 11 is 4.99. The van der Waals surface area contributed by atoms with Crippen molar-refractivity contribution in [2.45, 2.75) is 17.9 Å². The van der Waals surface area contributed by atoms with Crippen molar-refractivity contribution in [1.29, 1.82) is 0 Å². The monoisotopic (exact) mass is 421 g/mol. The van der Waals surface area contributed by atoms with E-state index < -0.39 is 0 Å². The van der Waals surface area contributed by atoms with E-state index in [0.717, 1.165) is 33.6 Å². The molecule has 1 heterocycles. The van der Waals surface area contributed by atoms with Gasteiger partial charge in [0.15, 0.2) is 11.5 Å². The first kappa shape index (κ1) is 18.1. The van der Waals surface area contributed by atoms with Gasteiger partial charge in [-0.3, -0.25) is 4.79 Å². The van der Waals surface area contributed by atoms with Crippen LogP contribution in [0.15, 0.2) is 45.8 Å². The first-order valence-corrected chi connectivity index (χ1v) is 9.78. The van der Waals surface area contributed by atoms with Crippen LogP contribution in [0.1, 0.15) is 11.1 Å². The number of thioether (sulfide) groups is 1. The Labute approximate surface area is 160 Å². The van der Waals surface area contributed by atoms with E-state index in [2.05, 4.69) is 15.9 Å². The average molecular weight is 422 g/mol. The second kappa shape index (κ2) is 8.15. The molecule has 2 aromatic rings. The van der Waals surface area contributed by atoms with Gasteiger partial charge in [-0.15, -0.1) is 11.8 Å². The van der Waals surface area contributed by atoms with E-state index in [4.69, 9.17) is 9.47 Å². The Bertz CT molecular complexity index is 764. The van der Waals surface area contributed by atoms with Crippen LogP contribution in [0, 0.1) is 0 Å². The third kappa shape index (κ3) is 4.30. The molecule has 25 heavy (non-hydrogen) atoms. The number of methoxy groups -OCH3 is 2. The van der Waals surface area contributed by atoms with Crippen LogP contribution in [0.2, 0.25) is 0 Å². The normalized spacial score (nSPS) is 13.3. The SMILES string of the molecule is COc1cc2c(cc1OC)CN(C(=O)CSc1ccc(Br)cc1)CC2. The van der Waals surface area contributed by atoms with Crippen LogP contribution < -0.4 is 9.47 Å². The zero-order chi connectivity index (χ0) is 17.8. The molecule has 0 fully saturated rings. The fourth-order valence-electron chi connectivity index (χ4n) is 2.86. The maximum absolute atomic E-state index is 12.6. The number of carbonyl (C=O) groups is 1. The number of hydrogen-bond donors (Lipinski definition) is 0. The maximum Gasteiger partial charge on any atom is 0.233 e. The predicted molar refractivity (Wildman–Crippen MR) is 104 cm³/mol. The van der Waals surface area contributed by atoms with E-state index in [0.29, 0.717) is 18.0 Å². The molecule has 1 amide bonds. The number of fused-ring (bicyclic) bond motifs is 1. The number of hydrogen-bond acceptors (Lipinski definition) is 4. The van der Waals surface area contributed by atoms with E-state index in [9.17, 15) is 4.79 Å². The number of ether oxygens (including phenoxy) is 2. The number of halogens is 1. The Morgan fingerprint density at radius 2 is 1.76 bits per heavy atom. The summed E-state index contributed by atoms with van der Waals surface area (Å²) in [5.41, 5.74) is 2.35. The second-order valence-electron chi connectivity index (χ2n) is 5.78. The van der Waals surface area contributed by atoms with E-state index in [1.165, 1.54) is 5.56 Å². The van der Waals surface area contributed by atoms with Gasteiger partial charge in [0, 0.05) is 22.5 Å². The van der Waals surface area contributed by atoms with Gasteiger partial charge in [-0.05, 0) is 53.9 Å². The molecule has 2 aromatic carbocycles. The lowest BCUT2D eigenvalue weighted by Crippen LogP contribution is -2.37. The highest BCUT2D eigenvalue weighted by Crippen LogP contribution is 2.33. The highest BCUT2D eigenvalue weighted by molar-refractivity contribution is 9.10. The lowest BCUT2D eigenvalue weighted by molar-refractivity contribution is -0.129. The molecule has 0 unspecified atom stereocenters. The van der Waals surface area contributed by atoms with Crippen LogP contribution in [0.4, 0.5) is 0 Å². The molecule has 1 aliphatic heterocycles. The first-order chi connectivity index (χ1) is 12.1. The maximum atomic E-state index is 12.6. The quantitative estimate of drug-likeness (QED) is 0.679. The summed E-state index contributed by atoms with van der Waals surface area (Å²) in [7, 11) is 3.27. The number of amides is 1. The molecule has 0 N–H and O–H groups in total. The molecule has 0 saturated heterocycles. The van der Waals surface area contributed by atoms with E-state index in [1.807, 2.05) is 41.3 Å². The van der Waals surface area contributed by atoms with Crippen molar-refractivity contribution < 1.29 is 14.3 Å². The lowest BCUT2D eigenvalue weighted by atomic mass is 9.99. The minimum Gasteiger partial charge on any atom is -0.493 e. The lowest BCUT2D eigenvalue weighted by Gasteiger charge is -2.29. The number of rotatable bonds is 5. The van der Waals surface area contributed by atoms with Crippen LogP contribution in [-0.4, -0.2) is 37.3 Å². The Hall–Kier alpha value is -1.66. The largest absolute Gasteiger partial charge is 0.493 e. The standard InChI is InChI=1S/C19H20BrNO3S/c1-23-17-9-13-7-8-21(11-14(13)10-18(17)24-2)19(22)12-25-16-5-3-15(20)4-6-16/h3-6,9-10H,7-8,11-12H2,1-2H3. The van der Waals surface area contributed by atoms with Crippen LogP contribution in [0.25, 0.3) is 0 Å². The molecule has 132 valence electrons. The molecule has 0 aliphatic carbocycles. The fraction of sp³-hybridized carbons (Fsp3) is 0.316. The fourth-order valence-corrected chi connectivity index (χ4v) is 3.93. The van der Waals surface area contributed by atoms with Crippen molar-refractivity contribution in [3.8, 4) is 11.5 Å². The van der Waals surface area contributed by atoms with Crippen molar-refractivity contribution in [2.24, 2.45) is 0 Å². The first-order valence-electron chi connectivity index (χ1n) is 8.00. The van der Waals surface area contributed by atoms with Gasteiger partial charge in [-0.25, -0.2) is 0 Å². The van der Waals surface area contributed by atoms with Gasteiger partial charge in [-0.2, -0.15) is 0 Å². The summed E-state index contributed by atoms with van der Waals surface area (Å²) < 4.78 is 11.8. The molecule has 3 rings (SSSR count). The molecule has 0 spiro atoms. The Morgan fingerprint density at radius 1 is 1.12 bits per heavy atom. The van der Waals surface area contributed by atoms with Crippen LogP contribution >= 0.6 is 27.7 Å². The van der Waals surface area contributed by atoms with Crippen LogP contribution in [0.3, 0.4) is 0 Å². The molecule has 0 saturated carbocycles. The Morgan fingerprint density at radius 3 is 2.40 bits per heavy atom. The molecule has 0 aromatic heterocycles. The molecule has 0 atom stereocenters. The van der Waals surface area contributed by atoms with Crippen molar-refractivity contribution in [3.63, 3.8) is 0 Å². The van der Waals surface area contributed by atoms with Crippen LogP contribution in [0.5, 0.6) is 11.5 Å². The number of benzene rings is 2.